The predicted molar refractivity (Wildman–Crippen MR) is 78.0 cm³/mol. The van der Waals surface area contributed by atoms with Gasteiger partial charge < -0.3 is 15.6 Å². The Bertz CT molecular complexity index is 444. The number of nitrogens with zero attached hydrogens (tertiary/aromatic N) is 1. The first-order chi connectivity index (χ1) is 9.04. The van der Waals surface area contributed by atoms with Gasteiger partial charge in [-0.3, -0.25) is 4.79 Å². The average Bonchev–Trinajstić information content (AvgIpc) is 2.94. The summed E-state index contributed by atoms with van der Waals surface area (Å²) in [7, 11) is 0. The van der Waals surface area contributed by atoms with Crippen LogP contribution in [0.5, 0.6) is 0 Å². The third kappa shape index (κ3) is 3.31. The number of nitrogens with one attached hydrogen (secondary N) is 1. The van der Waals surface area contributed by atoms with Crippen molar-refractivity contribution in [2.45, 2.75) is 52.5 Å². The first kappa shape index (κ1) is 14.0. The van der Waals surface area contributed by atoms with Crippen molar-refractivity contribution < 1.29 is 4.79 Å². The Balaban J connectivity index is 1.99. The molecular formula is C15H25N3O. The van der Waals surface area contributed by atoms with Crippen molar-refractivity contribution in [3.8, 4) is 0 Å². The lowest BCUT2D eigenvalue weighted by Crippen LogP contribution is -2.35. The normalized spacial score (nSPS) is 17.6. The zero-order valence-electron chi connectivity index (χ0n) is 12.0. The summed E-state index contributed by atoms with van der Waals surface area (Å²) in [6, 6.07) is 1.77. The molecule has 1 heterocycles. The van der Waals surface area contributed by atoms with Crippen LogP contribution in [0.25, 0.3) is 0 Å². The van der Waals surface area contributed by atoms with Crippen molar-refractivity contribution in [3.63, 3.8) is 0 Å². The lowest BCUT2D eigenvalue weighted by molar-refractivity contribution is 0.0925. The minimum atomic E-state index is -0.00160. The summed E-state index contributed by atoms with van der Waals surface area (Å²) in [6.45, 7) is 5.96. The zero-order valence-corrected chi connectivity index (χ0v) is 12.0. The van der Waals surface area contributed by atoms with Crippen LogP contribution >= 0.6 is 0 Å². The van der Waals surface area contributed by atoms with Gasteiger partial charge in [0, 0.05) is 19.3 Å². The van der Waals surface area contributed by atoms with Crippen LogP contribution in [0.1, 0.15) is 56.4 Å². The fourth-order valence-corrected chi connectivity index (χ4v) is 2.94. The highest BCUT2D eigenvalue weighted by Gasteiger charge is 2.29. The lowest BCUT2D eigenvalue weighted by atomic mass is 9.89. The summed E-state index contributed by atoms with van der Waals surface area (Å²) in [5.41, 5.74) is 7.41. The van der Waals surface area contributed by atoms with Crippen molar-refractivity contribution in [2.75, 3.05) is 12.3 Å². The van der Waals surface area contributed by atoms with E-state index < -0.39 is 0 Å². The smallest absolute Gasteiger partial charge is 0.268 e. The number of carbonyl (C=O) groups is 1. The highest BCUT2D eigenvalue weighted by molar-refractivity contribution is 5.93. The van der Waals surface area contributed by atoms with Gasteiger partial charge in [-0.2, -0.15) is 0 Å². The molecule has 0 radical (unpaired) electrons. The maximum atomic E-state index is 12.3. The Morgan fingerprint density at radius 3 is 2.79 bits per heavy atom. The summed E-state index contributed by atoms with van der Waals surface area (Å²) in [5, 5.41) is 3.08. The minimum Gasteiger partial charge on any atom is -0.397 e. The van der Waals surface area contributed by atoms with Crippen molar-refractivity contribution in [1.82, 2.24) is 9.88 Å². The quantitative estimate of drug-likeness (QED) is 0.858. The van der Waals surface area contributed by atoms with E-state index in [0.717, 1.165) is 19.5 Å². The maximum absolute atomic E-state index is 12.3. The fraction of sp³-hybridized carbons (Fsp3) is 0.667. The molecule has 3 N–H and O–H groups in total. The largest absolute Gasteiger partial charge is 0.397 e. The van der Waals surface area contributed by atoms with Crippen LogP contribution in [0, 0.1) is 5.41 Å². The summed E-state index contributed by atoms with van der Waals surface area (Å²) < 4.78 is 1.95. The molecule has 1 fully saturated rings. The van der Waals surface area contributed by atoms with Crippen LogP contribution in [0.3, 0.4) is 0 Å². The number of hydrogen-bond acceptors (Lipinski definition) is 2. The number of aryl methyl sites for hydroxylation is 1. The van der Waals surface area contributed by atoms with Crippen molar-refractivity contribution >= 4 is 11.6 Å². The van der Waals surface area contributed by atoms with E-state index in [1.54, 1.807) is 6.07 Å². The number of aromatic nitrogens is 1. The van der Waals surface area contributed by atoms with Crippen LogP contribution in [-0.4, -0.2) is 17.0 Å². The van der Waals surface area contributed by atoms with E-state index in [-0.39, 0.29) is 11.3 Å². The molecule has 1 aliphatic carbocycles. The molecule has 1 aliphatic rings. The Morgan fingerprint density at radius 2 is 2.16 bits per heavy atom. The molecule has 1 saturated carbocycles. The molecule has 2 rings (SSSR count). The topological polar surface area (TPSA) is 60.0 Å². The second kappa shape index (κ2) is 5.68. The number of carbonyl (C=O) groups excluding carboxylic acids is 1. The molecule has 0 saturated heterocycles. The second-order valence-corrected chi connectivity index (χ2v) is 6.05. The molecule has 4 heteroatoms. The van der Waals surface area contributed by atoms with E-state index in [1.807, 2.05) is 10.8 Å². The standard InChI is InChI=1S/C15H25N3O/c1-3-8-18-10-12(16)9-13(18)14(19)17-11-15(2)6-4-5-7-15/h9-10H,3-8,11,16H2,1-2H3,(H,17,19). The number of rotatable bonds is 5. The molecular weight excluding hydrogens is 238 g/mol. The molecule has 4 nitrogen and oxygen atoms in total. The van der Waals surface area contributed by atoms with Gasteiger partial charge in [-0.05, 0) is 30.7 Å². The molecule has 0 aliphatic heterocycles. The van der Waals surface area contributed by atoms with E-state index in [2.05, 4.69) is 19.2 Å². The maximum Gasteiger partial charge on any atom is 0.268 e. The van der Waals surface area contributed by atoms with Gasteiger partial charge in [0.15, 0.2) is 0 Å². The van der Waals surface area contributed by atoms with Crippen LogP contribution < -0.4 is 11.1 Å². The van der Waals surface area contributed by atoms with E-state index in [0.29, 0.717) is 11.4 Å². The van der Waals surface area contributed by atoms with Crippen LogP contribution in [0.15, 0.2) is 12.3 Å². The van der Waals surface area contributed by atoms with E-state index in [4.69, 9.17) is 5.73 Å². The molecule has 0 spiro atoms. The van der Waals surface area contributed by atoms with Crippen LogP contribution in [0.4, 0.5) is 5.69 Å². The van der Waals surface area contributed by atoms with Gasteiger partial charge in [-0.15, -0.1) is 0 Å². The lowest BCUT2D eigenvalue weighted by Gasteiger charge is -2.23. The first-order valence-electron chi connectivity index (χ1n) is 7.28. The third-order valence-corrected chi connectivity index (χ3v) is 4.10. The van der Waals surface area contributed by atoms with Crippen LogP contribution in [0.2, 0.25) is 0 Å². The number of nitrogens with two attached hydrogens (primary N) is 1. The van der Waals surface area contributed by atoms with Gasteiger partial charge in [0.2, 0.25) is 0 Å². The summed E-state index contributed by atoms with van der Waals surface area (Å²) >= 11 is 0. The molecule has 1 amide bonds. The summed E-state index contributed by atoms with van der Waals surface area (Å²) in [5.74, 6) is -0.00160. The fourth-order valence-electron chi connectivity index (χ4n) is 2.94. The van der Waals surface area contributed by atoms with Crippen molar-refractivity contribution in [1.29, 1.82) is 0 Å². The Labute approximate surface area is 115 Å². The monoisotopic (exact) mass is 263 g/mol. The summed E-state index contributed by atoms with van der Waals surface area (Å²) in [4.78, 5) is 12.3. The second-order valence-electron chi connectivity index (χ2n) is 6.05. The Morgan fingerprint density at radius 1 is 1.47 bits per heavy atom. The predicted octanol–water partition coefficient (Wildman–Crippen LogP) is 2.79. The molecule has 0 aromatic carbocycles. The number of amides is 1. The van der Waals surface area contributed by atoms with Gasteiger partial charge in [0.1, 0.15) is 5.69 Å². The number of nitrogen functional groups attached to an aromatic ring is 1. The Kier molecular flexibility index (Phi) is 4.17. The molecule has 106 valence electrons. The highest BCUT2D eigenvalue weighted by Crippen LogP contribution is 2.36. The van der Waals surface area contributed by atoms with Crippen molar-refractivity contribution in [2.24, 2.45) is 5.41 Å². The molecule has 0 unspecified atom stereocenters. The van der Waals surface area contributed by atoms with Gasteiger partial charge in [0.25, 0.3) is 5.91 Å². The highest BCUT2D eigenvalue weighted by atomic mass is 16.1. The van der Waals surface area contributed by atoms with Gasteiger partial charge in [-0.25, -0.2) is 0 Å². The molecule has 0 atom stereocenters. The van der Waals surface area contributed by atoms with E-state index in [9.17, 15) is 4.79 Å². The van der Waals surface area contributed by atoms with E-state index in [1.165, 1.54) is 25.7 Å². The van der Waals surface area contributed by atoms with Gasteiger partial charge >= 0.3 is 0 Å². The minimum absolute atomic E-state index is 0.00160. The Hall–Kier alpha value is -1.45. The van der Waals surface area contributed by atoms with Crippen molar-refractivity contribution in [3.05, 3.63) is 18.0 Å². The third-order valence-electron chi connectivity index (χ3n) is 4.10. The van der Waals surface area contributed by atoms with Gasteiger partial charge in [-0.1, -0.05) is 26.7 Å². The summed E-state index contributed by atoms with van der Waals surface area (Å²) in [6.07, 6.45) is 7.83. The number of hydrogen-bond donors (Lipinski definition) is 2. The zero-order chi connectivity index (χ0) is 13.9. The van der Waals surface area contributed by atoms with Gasteiger partial charge in [0.05, 0.1) is 5.69 Å². The van der Waals surface area contributed by atoms with E-state index >= 15 is 0 Å². The molecule has 19 heavy (non-hydrogen) atoms. The first-order valence-corrected chi connectivity index (χ1v) is 7.28. The molecule has 0 bridgehead atoms. The average molecular weight is 263 g/mol. The molecule has 1 aromatic heterocycles. The van der Waals surface area contributed by atoms with Crippen LogP contribution in [-0.2, 0) is 6.54 Å². The SMILES string of the molecule is CCCn1cc(N)cc1C(=O)NCC1(C)CCCC1. The molecule has 1 aromatic rings. The number of anilines is 1.